The molecule has 1 aliphatic carbocycles. The lowest BCUT2D eigenvalue weighted by molar-refractivity contribution is 0.220. The molecule has 0 radical (unpaired) electrons. The van der Waals surface area contributed by atoms with Crippen LogP contribution in [-0.4, -0.2) is 31.1 Å². The second kappa shape index (κ2) is 7.06. The molecular weight excluding hydrogens is 232 g/mol. The lowest BCUT2D eigenvalue weighted by Crippen LogP contribution is -2.37. The SMILES string of the molecule is CCNC(CN(C)C1CCCC1)c1ccc(C)cc1. The highest BCUT2D eigenvalue weighted by atomic mass is 15.2. The van der Waals surface area contributed by atoms with Gasteiger partial charge in [0.2, 0.25) is 0 Å². The molecule has 0 aromatic heterocycles. The Hall–Kier alpha value is -0.860. The van der Waals surface area contributed by atoms with Crippen molar-refractivity contribution in [2.75, 3.05) is 20.1 Å². The molecule has 19 heavy (non-hydrogen) atoms. The van der Waals surface area contributed by atoms with Gasteiger partial charge in [0.25, 0.3) is 0 Å². The van der Waals surface area contributed by atoms with Crippen molar-refractivity contribution >= 4 is 0 Å². The van der Waals surface area contributed by atoms with Crippen LogP contribution in [-0.2, 0) is 0 Å². The second-order valence-corrected chi connectivity index (χ2v) is 5.90. The summed E-state index contributed by atoms with van der Waals surface area (Å²) < 4.78 is 0. The minimum atomic E-state index is 0.455. The van der Waals surface area contributed by atoms with Gasteiger partial charge in [-0.1, -0.05) is 49.6 Å². The van der Waals surface area contributed by atoms with Gasteiger partial charge in [-0.2, -0.15) is 0 Å². The third-order valence-corrected chi connectivity index (χ3v) is 4.35. The van der Waals surface area contributed by atoms with Crippen LogP contribution in [0.1, 0.15) is 49.8 Å². The minimum Gasteiger partial charge on any atom is -0.309 e. The summed E-state index contributed by atoms with van der Waals surface area (Å²) in [6.45, 7) is 6.48. The van der Waals surface area contributed by atoms with Crippen LogP contribution in [0.4, 0.5) is 0 Å². The molecule has 106 valence electrons. The average Bonchev–Trinajstić information content (AvgIpc) is 2.93. The highest BCUT2D eigenvalue weighted by molar-refractivity contribution is 5.24. The van der Waals surface area contributed by atoms with Crippen LogP contribution in [0.25, 0.3) is 0 Å². The molecule has 0 saturated heterocycles. The normalized spacial score (nSPS) is 18.1. The number of nitrogens with one attached hydrogen (secondary N) is 1. The zero-order chi connectivity index (χ0) is 13.7. The largest absolute Gasteiger partial charge is 0.309 e. The van der Waals surface area contributed by atoms with Gasteiger partial charge in [-0.05, 0) is 38.9 Å². The first-order chi connectivity index (χ1) is 9.20. The third kappa shape index (κ3) is 4.05. The number of nitrogens with zero attached hydrogens (tertiary/aromatic N) is 1. The molecule has 1 aromatic carbocycles. The fourth-order valence-electron chi connectivity index (χ4n) is 3.12. The van der Waals surface area contributed by atoms with Gasteiger partial charge < -0.3 is 10.2 Å². The van der Waals surface area contributed by atoms with E-state index < -0.39 is 0 Å². The van der Waals surface area contributed by atoms with Gasteiger partial charge in [0.1, 0.15) is 0 Å². The molecule has 2 heteroatoms. The van der Waals surface area contributed by atoms with Crippen molar-refractivity contribution in [1.82, 2.24) is 10.2 Å². The standard InChI is InChI=1S/C17H28N2/c1-4-18-17(15-11-9-14(2)10-12-15)13-19(3)16-7-5-6-8-16/h9-12,16-18H,4-8,13H2,1-3H3. The van der Waals surface area contributed by atoms with Crippen LogP contribution < -0.4 is 5.32 Å². The van der Waals surface area contributed by atoms with Gasteiger partial charge >= 0.3 is 0 Å². The molecule has 0 aliphatic heterocycles. The van der Waals surface area contributed by atoms with Crippen LogP contribution >= 0.6 is 0 Å². The molecular formula is C17H28N2. The summed E-state index contributed by atoms with van der Waals surface area (Å²) in [4.78, 5) is 2.56. The molecule has 1 saturated carbocycles. The summed E-state index contributed by atoms with van der Waals surface area (Å²) in [6.07, 6.45) is 5.57. The summed E-state index contributed by atoms with van der Waals surface area (Å²) in [5, 5.41) is 3.63. The van der Waals surface area contributed by atoms with Gasteiger partial charge in [0.05, 0.1) is 0 Å². The van der Waals surface area contributed by atoms with Gasteiger partial charge in [0, 0.05) is 18.6 Å². The fourth-order valence-corrected chi connectivity index (χ4v) is 3.12. The van der Waals surface area contributed by atoms with E-state index in [0.717, 1.165) is 19.1 Å². The van der Waals surface area contributed by atoms with E-state index in [1.54, 1.807) is 0 Å². The molecule has 2 nitrogen and oxygen atoms in total. The molecule has 0 bridgehead atoms. The Kier molecular flexibility index (Phi) is 5.41. The maximum atomic E-state index is 3.63. The zero-order valence-corrected chi connectivity index (χ0v) is 12.7. The van der Waals surface area contributed by atoms with E-state index in [4.69, 9.17) is 0 Å². The number of hydrogen-bond donors (Lipinski definition) is 1. The molecule has 0 heterocycles. The number of rotatable bonds is 6. The van der Waals surface area contributed by atoms with Crippen molar-refractivity contribution in [3.63, 3.8) is 0 Å². The minimum absolute atomic E-state index is 0.455. The third-order valence-electron chi connectivity index (χ3n) is 4.35. The first-order valence-corrected chi connectivity index (χ1v) is 7.71. The Labute approximate surface area is 118 Å². The van der Waals surface area contributed by atoms with E-state index in [-0.39, 0.29) is 0 Å². The Bertz CT molecular complexity index is 365. The van der Waals surface area contributed by atoms with Crippen molar-refractivity contribution in [2.45, 2.75) is 51.6 Å². The van der Waals surface area contributed by atoms with Gasteiger partial charge in [0.15, 0.2) is 0 Å². The van der Waals surface area contributed by atoms with Gasteiger partial charge in [-0.15, -0.1) is 0 Å². The van der Waals surface area contributed by atoms with E-state index in [0.29, 0.717) is 6.04 Å². The molecule has 1 aliphatic rings. The topological polar surface area (TPSA) is 15.3 Å². The molecule has 0 amide bonds. The predicted octanol–water partition coefficient (Wildman–Crippen LogP) is 3.52. The van der Waals surface area contributed by atoms with E-state index in [1.165, 1.54) is 36.8 Å². The van der Waals surface area contributed by atoms with Gasteiger partial charge in [-0.3, -0.25) is 0 Å². The van der Waals surface area contributed by atoms with Crippen LogP contribution in [0.15, 0.2) is 24.3 Å². The van der Waals surface area contributed by atoms with E-state index in [1.807, 2.05) is 0 Å². The maximum absolute atomic E-state index is 3.63. The summed E-state index contributed by atoms with van der Waals surface area (Å²) in [6, 6.07) is 10.2. The van der Waals surface area contributed by atoms with Crippen LogP contribution in [0.5, 0.6) is 0 Å². The van der Waals surface area contributed by atoms with Crippen molar-refractivity contribution in [2.24, 2.45) is 0 Å². The van der Waals surface area contributed by atoms with Crippen molar-refractivity contribution < 1.29 is 0 Å². The van der Waals surface area contributed by atoms with Crippen LogP contribution in [0.2, 0.25) is 0 Å². The average molecular weight is 260 g/mol. The predicted molar refractivity (Wildman–Crippen MR) is 82.5 cm³/mol. The quantitative estimate of drug-likeness (QED) is 0.842. The smallest absolute Gasteiger partial charge is 0.0449 e. The first-order valence-electron chi connectivity index (χ1n) is 7.71. The van der Waals surface area contributed by atoms with Crippen LogP contribution in [0, 0.1) is 6.92 Å². The Morgan fingerprint density at radius 3 is 2.42 bits per heavy atom. The van der Waals surface area contributed by atoms with Crippen molar-refractivity contribution in [3.8, 4) is 0 Å². The molecule has 1 N–H and O–H groups in total. The molecule has 1 aromatic rings. The van der Waals surface area contributed by atoms with Crippen LogP contribution in [0.3, 0.4) is 0 Å². The maximum Gasteiger partial charge on any atom is 0.0449 e. The second-order valence-electron chi connectivity index (χ2n) is 5.90. The van der Waals surface area contributed by atoms with E-state index in [9.17, 15) is 0 Å². The number of benzene rings is 1. The first kappa shape index (κ1) is 14.5. The molecule has 2 rings (SSSR count). The lowest BCUT2D eigenvalue weighted by Gasteiger charge is -2.29. The summed E-state index contributed by atoms with van der Waals surface area (Å²) in [5.74, 6) is 0. The van der Waals surface area contributed by atoms with Gasteiger partial charge in [-0.25, -0.2) is 0 Å². The van der Waals surface area contributed by atoms with Crippen molar-refractivity contribution in [3.05, 3.63) is 35.4 Å². The molecule has 0 spiro atoms. The van der Waals surface area contributed by atoms with E-state index >= 15 is 0 Å². The lowest BCUT2D eigenvalue weighted by atomic mass is 10.0. The monoisotopic (exact) mass is 260 g/mol. The summed E-state index contributed by atoms with van der Waals surface area (Å²) in [7, 11) is 2.29. The highest BCUT2D eigenvalue weighted by Crippen LogP contribution is 2.24. The fraction of sp³-hybridized carbons (Fsp3) is 0.647. The van der Waals surface area contributed by atoms with E-state index in [2.05, 4.69) is 55.4 Å². The summed E-state index contributed by atoms with van der Waals surface area (Å²) in [5.41, 5.74) is 2.75. The van der Waals surface area contributed by atoms with Crippen molar-refractivity contribution in [1.29, 1.82) is 0 Å². The number of aryl methyl sites for hydroxylation is 1. The molecule has 1 unspecified atom stereocenters. The summed E-state index contributed by atoms with van der Waals surface area (Å²) >= 11 is 0. The molecule has 1 atom stereocenters. The Morgan fingerprint density at radius 1 is 1.21 bits per heavy atom. The highest BCUT2D eigenvalue weighted by Gasteiger charge is 2.22. The number of likely N-dealkylation sites (N-methyl/N-ethyl adjacent to an activating group) is 2. The number of hydrogen-bond acceptors (Lipinski definition) is 2. The Balaban J connectivity index is 2.00. The zero-order valence-electron chi connectivity index (χ0n) is 12.7. The Morgan fingerprint density at radius 2 is 1.84 bits per heavy atom. The molecule has 1 fully saturated rings.